The monoisotopic (exact) mass is 326 g/mol. The van der Waals surface area contributed by atoms with Crippen LogP contribution in [-0.2, 0) is 6.54 Å². The molecule has 2 aromatic rings. The maximum absolute atomic E-state index is 12.0. The summed E-state index contributed by atoms with van der Waals surface area (Å²) >= 11 is 9.22. The fraction of sp³-hybridized carbons (Fsp3) is 0.154. The SMILES string of the molecule is Cc1cc(Br)cn(Cc2ccc(Cl)cc2N)c1=O. The van der Waals surface area contributed by atoms with Crippen molar-refractivity contribution in [3.8, 4) is 0 Å². The Balaban J connectivity index is 2.43. The summed E-state index contributed by atoms with van der Waals surface area (Å²) < 4.78 is 2.49. The van der Waals surface area contributed by atoms with Crippen LogP contribution in [0.25, 0.3) is 0 Å². The predicted molar refractivity (Wildman–Crippen MR) is 78.1 cm³/mol. The lowest BCUT2D eigenvalue weighted by molar-refractivity contribution is 0.751. The lowest BCUT2D eigenvalue weighted by atomic mass is 10.2. The van der Waals surface area contributed by atoms with Crippen LogP contribution in [0.5, 0.6) is 0 Å². The van der Waals surface area contributed by atoms with Gasteiger partial charge in [0.1, 0.15) is 0 Å². The van der Waals surface area contributed by atoms with Crippen molar-refractivity contribution in [3.05, 3.63) is 61.4 Å². The van der Waals surface area contributed by atoms with Crippen molar-refractivity contribution in [1.29, 1.82) is 0 Å². The number of benzene rings is 1. The van der Waals surface area contributed by atoms with Gasteiger partial charge in [-0.3, -0.25) is 4.79 Å². The number of rotatable bonds is 2. The van der Waals surface area contributed by atoms with Crippen LogP contribution in [0.1, 0.15) is 11.1 Å². The zero-order valence-electron chi connectivity index (χ0n) is 9.78. The van der Waals surface area contributed by atoms with Crippen LogP contribution in [0.15, 0.2) is 39.7 Å². The number of halogens is 2. The van der Waals surface area contributed by atoms with Crippen molar-refractivity contribution in [1.82, 2.24) is 4.57 Å². The number of nitrogens with zero attached hydrogens (tertiary/aromatic N) is 1. The maximum Gasteiger partial charge on any atom is 0.253 e. The van der Waals surface area contributed by atoms with E-state index < -0.39 is 0 Å². The lowest BCUT2D eigenvalue weighted by Gasteiger charge is -2.10. The van der Waals surface area contributed by atoms with E-state index in [1.165, 1.54) is 0 Å². The molecule has 0 radical (unpaired) electrons. The quantitative estimate of drug-likeness (QED) is 0.861. The smallest absolute Gasteiger partial charge is 0.253 e. The standard InChI is InChI=1S/C13H12BrClN2O/c1-8-4-10(14)7-17(13(8)18)6-9-2-3-11(15)5-12(9)16/h2-5,7H,6,16H2,1H3. The molecule has 1 aromatic carbocycles. The highest BCUT2D eigenvalue weighted by Gasteiger charge is 2.05. The molecule has 0 saturated heterocycles. The third-order valence-corrected chi connectivity index (χ3v) is 3.35. The first kappa shape index (κ1) is 13.2. The normalized spacial score (nSPS) is 10.6. The summed E-state index contributed by atoms with van der Waals surface area (Å²) in [6.07, 6.45) is 1.75. The van der Waals surface area contributed by atoms with E-state index in [4.69, 9.17) is 17.3 Å². The molecule has 0 aliphatic carbocycles. The fourth-order valence-corrected chi connectivity index (χ4v) is 2.52. The van der Waals surface area contributed by atoms with Gasteiger partial charge in [0.25, 0.3) is 5.56 Å². The Labute approximate surface area is 118 Å². The summed E-state index contributed by atoms with van der Waals surface area (Å²) in [5.74, 6) is 0. The largest absolute Gasteiger partial charge is 0.398 e. The van der Waals surface area contributed by atoms with Crippen LogP contribution >= 0.6 is 27.5 Å². The van der Waals surface area contributed by atoms with Crippen LogP contribution < -0.4 is 11.3 Å². The molecule has 0 saturated carbocycles. The number of anilines is 1. The molecule has 0 aliphatic rings. The zero-order valence-corrected chi connectivity index (χ0v) is 12.1. The number of hydrogen-bond donors (Lipinski definition) is 1. The number of nitrogens with two attached hydrogens (primary N) is 1. The summed E-state index contributed by atoms with van der Waals surface area (Å²) in [4.78, 5) is 12.0. The summed E-state index contributed by atoms with van der Waals surface area (Å²) in [6.45, 7) is 2.22. The second-order valence-electron chi connectivity index (χ2n) is 4.12. The number of pyridine rings is 1. The minimum Gasteiger partial charge on any atom is -0.398 e. The van der Waals surface area contributed by atoms with E-state index in [-0.39, 0.29) is 5.56 Å². The van der Waals surface area contributed by atoms with E-state index >= 15 is 0 Å². The van der Waals surface area contributed by atoms with Gasteiger partial charge in [-0.1, -0.05) is 17.7 Å². The Morgan fingerprint density at radius 3 is 2.78 bits per heavy atom. The predicted octanol–water partition coefficient (Wildman–Crippen LogP) is 3.20. The van der Waals surface area contributed by atoms with Crippen molar-refractivity contribution in [2.45, 2.75) is 13.5 Å². The van der Waals surface area contributed by atoms with Crippen LogP contribution in [0.4, 0.5) is 5.69 Å². The van der Waals surface area contributed by atoms with Gasteiger partial charge in [-0.05, 0) is 46.6 Å². The first-order chi connectivity index (χ1) is 8.47. The molecule has 94 valence electrons. The van der Waals surface area contributed by atoms with E-state index in [9.17, 15) is 4.79 Å². The van der Waals surface area contributed by atoms with E-state index in [1.54, 1.807) is 35.9 Å². The first-order valence-corrected chi connectivity index (χ1v) is 6.55. The molecule has 1 heterocycles. The number of aryl methyl sites for hydroxylation is 1. The molecule has 0 amide bonds. The topological polar surface area (TPSA) is 48.0 Å². The van der Waals surface area contributed by atoms with E-state index in [0.29, 0.717) is 22.8 Å². The van der Waals surface area contributed by atoms with Gasteiger partial charge in [-0.25, -0.2) is 0 Å². The van der Waals surface area contributed by atoms with Gasteiger partial charge in [0.2, 0.25) is 0 Å². The van der Waals surface area contributed by atoms with Gasteiger partial charge in [-0.2, -0.15) is 0 Å². The molecule has 1 aromatic heterocycles. The number of hydrogen-bond acceptors (Lipinski definition) is 2. The van der Waals surface area contributed by atoms with Gasteiger partial charge in [0.05, 0.1) is 6.54 Å². The van der Waals surface area contributed by atoms with E-state index in [0.717, 1.165) is 10.0 Å². The molecule has 0 unspecified atom stereocenters. The summed E-state index contributed by atoms with van der Waals surface area (Å²) in [7, 11) is 0. The third-order valence-electron chi connectivity index (χ3n) is 2.68. The van der Waals surface area contributed by atoms with Crippen LogP contribution in [-0.4, -0.2) is 4.57 Å². The molecular weight excluding hydrogens is 316 g/mol. The van der Waals surface area contributed by atoms with Crippen molar-refractivity contribution in [2.24, 2.45) is 0 Å². The van der Waals surface area contributed by atoms with E-state index in [1.807, 2.05) is 6.07 Å². The molecule has 0 bridgehead atoms. The van der Waals surface area contributed by atoms with Gasteiger partial charge in [0.15, 0.2) is 0 Å². The Morgan fingerprint density at radius 2 is 2.11 bits per heavy atom. The molecule has 5 heteroatoms. The van der Waals surface area contributed by atoms with Crippen molar-refractivity contribution in [3.63, 3.8) is 0 Å². The number of nitrogen functional groups attached to an aromatic ring is 1. The van der Waals surface area contributed by atoms with Gasteiger partial charge >= 0.3 is 0 Å². The zero-order chi connectivity index (χ0) is 13.3. The number of aromatic nitrogens is 1. The second kappa shape index (κ2) is 5.16. The van der Waals surface area contributed by atoms with E-state index in [2.05, 4.69) is 15.9 Å². The average Bonchev–Trinajstić information content (AvgIpc) is 2.29. The second-order valence-corrected chi connectivity index (χ2v) is 5.47. The molecule has 0 aliphatic heterocycles. The molecule has 0 fully saturated rings. The van der Waals surface area contributed by atoms with Gasteiger partial charge < -0.3 is 10.3 Å². The van der Waals surface area contributed by atoms with Crippen LogP contribution in [0, 0.1) is 6.92 Å². The Bertz CT molecular complexity index is 652. The molecule has 0 atom stereocenters. The lowest BCUT2D eigenvalue weighted by Crippen LogP contribution is -2.22. The minimum atomic E-state index is -0.0208. The third kappa shape index (κ3) is 2.76. The highest BCUT2D eigenvalue weighted by atomic mass is 79.9. The fourth-order valence-electron chi connectivity index (χ4n) is 1.75. The minimum absolute atomic E-state index is 0.0208. The first-order valence-electron chi connectivity index (χ1n) is 5.38. The van der Waals surface area contributed by atoms with Crippen LogP contribution in [0.3, 0.4) is 0 Å². The molecule has 0 spiro atoms. The molecule has 2 rings (SSSR count). The Morgan fingerprint density at radius 1 is 1.39 bits per heavy atom. The van der Waals surface area contributed by atoms with Crippen molar-refractivity contribution < 1.29 is 0 Å². The molecular formula is C13H12BrClN2O. The maximum atomic E-state index is 12.0. The summed E-state index contributed by atoms with van der Waals surface area (Å²) in [5.41, 5.74) is 8.02. The highest BCUT2D eigenvalue weighted by molar-refractivity contribution is 9.10. The van der Waals surface area contributed by atoms with Crippen molar-refractivity contribution in [2.75, 3.05) is 5.73 Å². The van der Waals surface area contributed by atoms with Crippen LogP contribution in [0.2, 0.25) is 5.02 Å². The van der Waals surface area contributed by atoms with Gasteiger partial charge in [0, 0.05) is 26.9 Å². The molecule has 18 heavy (non-hydrogen) atoms. The summed E-state index contributed by atoms with van der Waals surface area (Å²) in [6, 6.07) is 7.08. The molecule has 2 N–H and O–H groups in total. The Kier molecular flexibility index (Phi) is 3.78. The average molecular weight is 328 g/mol. The van der Waals surface area contributed by atoms with Gasteiger partial charge in [-0.15, -0.1) is 0 Å². The summed E-state index contributed by atoms with van der Waals surface area (Å²) in [5, 5.41) is 0.592. The van der Waals surface area contributed by atoms with Crippen molar-refractivity contribution >= 4 is 33.2 Å². The Hall–Kier alpha value is -1.26. The molecule has 3 nitrogen and oxygen atoms in total. The highest BCUT2D eigenvalue weighted by Crippen LogP contribution is 2.19.